The third-order valence-corrected chi connectivity index (χ3v) is 2.14. The van der Waals surface area contributed by atoms with Crippen LogP contribution >= 0.6 is 22.6 Å². The van der Waals surface area contributed by atoms with E-state index < -0.39 is 0 Å². The van der Waals surface area contributed by atoms with Gasteiger partial charge < -0.3 is 0 Å². The molecule has 0 saturated carbocycles. The molecule has 0 aromatic rings. The topological polar surface area (TPSA) is 29.4 Å². The largest absolute Gasteiger partial charge is 0.235 e. The zero-order valence-corrected chi connectivity index (χ0v) is 8.30. The van der Waals surface area contributed by atoms with E-state index in [2.05, 4.69) is 27.6 Å². The molecule has 1 unspecified atom stereocenters. The predicted octanol–water partition coefficient (Wildman–Crippen LogP) is 2.32. The number of isocyanates is 1. The van der Waals surface area contributed by atoms with Gasteiger partial charge in [-0.2, -0.15) is 0 Å². The van der Waals surface area contributed by atoms with E-state index in [4.69, 9.17) is 0 Å². The number of hydrogen-bond donors (Lipinski definition) is 0. The number of alkyl halides is 1. The van der Waals surface area contributed by atoms with E-state index in [1.54, 1.807) is 6.08 Å². The van der Waals surface area contributed by atoms with E-state index in [1.807, 2.05) is 6.92 Å². The molecule has 0 radical (unpaired) electrons. The molecule has 0 aliphatic carbocycles. The summed E-state index contributed by atoms with van der Waals surface area (Å²) in [5.74, 6) is 0. The maximum absolute atomic E-state index is 9.84. The number of halogens is 1. The Balaban J connectivity index is 3.49. The number of nitrogens with zero attached hydrogens (tertiary/aromatic N) is 1. The summed E-state index contributed by atoms with van der Waals surface area (Å²) in [5.41, 5.74) is 0. The van der Waals surface area contributed by atoms with Crippen molar-refractivity contribution in [3.05, 3.63) is 0 Å². The lowest BCUT2D eigenvalue weighted by atomic mass is 10.1. The normalized spacial score (nSPS) is 12.2. The van der Waals surface area contributed by atoms with Crippen LogP contribution in [0.15, 0.2) is 4.99 Å². The van der Waals surface area contributed by atoms with Gasteiger partial charge in [0.15, 0.2) is 0 Å². The van der Waals surface area contributed by atoms with Gasteiger partial charge in [-0.15, -0.1) is 0 Å². The van der Waals surface area contributed by atoms with Crippen LogP contribution in [0, 0.1) is 0 Å². The van der Waals surface area contributed by atoms with Crippen molar-refractivity contribution in [1.29, 1.82) is 0 Å². The SMILES string of the molecule is CCC(CCCI)N=C=O. The molecular formula is C7H12INO. The van der Waals surface area contributed by atoms with E-state index in [-0.39, 0.29) is 6.04 Å². The summed E-state index contributed by atoms with van der Waals surface area (Å²) >= 11 is 2.33. The maximum atomic E-state index is 9.84. The molecule has 3 heteroatoms. The first-order chi connectivity index (χ1) is 4.85. The number of aliphatic imine (C=N–C) groups is 1. The quantitative estimate of drug-likeness (QED) is 0.320. The Kier molecular flexibility index (Phi) is 7.30. The van der Waals surface area contributed by atoms with E-state index in [1.165, 1.54) is 0 Å². The second kappa shape index (κ2) is 7.22. The first kappa shape index (κ1) is 10.1. The zero-order valence-electron chi connectivity index (χ0n) is 6.14. The molecule has 58 valence electrons. The fourth-order valence-electron chi connectivity index (χ4n) is 0.747. The molecule has 0 amide bonds. The Bertz CT molecular complexity index is 121. The lowest BCUT2D eigenvalue weighted by molar-refractivity contribution is 0.543. The molecule has 0 aromatic carbocycles. The smallest absolute Gasteiger partial charge is 0.211 e. The second-order valence-electron chi connectivity index (χ2n) is 2.11. The molecule has 0 saturated heterocycles. The van der Waals surface area contributed by atoms with Crippen LogP contribution < -0.4 is 0 Å². The minimum atomic E-state index is 0.215. The van der Waals surface area contributed by atoms with Crippen molar-refractivity contribution >= 4 is 28.7 Å². The molecule has 0 aliphatic heterocycles. The average molecular weight is 253 g/mol. The summed E-state index contributed by atoms with van der Waals surface area (Å²) in [5, 5.41) is 0. The molecule has 2 nitrogen and oxygen atoms in total. The molecule has 0 heterocycles. The van der Waals surface area contributed by atoms with Crippen molar-refractivity contribution in [3.8, 4) is 0 Å². The van der Waals surface area contributed by atoms with Crippen LogP contribution in [-0.4, -0.2) is 16.5 Å². The van der Waals surface area contributed by atoms with Crippen molar-refractivity contribution in [1.82, 2.24) is 0 Å². The highest BCUT2D eigenvalue weighted by atomic mass is 127. The predicted molar refractivity (Wildman–Crippen MR) is 50.3 cm³/mol. The highest BCUT2D eigenvalue weighted by Crippen LogP contribution is 2.06. The van der Waals surface area contributed by atoms with Crippen molar-refractivity contribution in [2.75, 3.05) is 4.43 Å². The van der Waals surface area contributed by atoms with Gasteiger partial charge in [-0.05, 0) is 23.7 Å². The van der Waals surface area contributed by atoms with E-state index in [0.29, 0.717) is 0 Å². The molecule has 0 bridgehead atoms. The van der Waals surface area contributed by atoms with Crippen LogP contribution in [-0.2, 0) is 4.79 Å². The van der Waals surface area contributed by atoms with Gasteiger partial charge in [0.2, 0.25) is 6.08 Å². The lowest BCUT2D eigenvalue weighted by Crippen LogP contribution is -2.01. The van der Waals surface area contributed by atoms with E-state index in [9.17, 15) is 4.79 Å². The Hall–Kier alpha value is 0.110. The monoisotopic (exact) mass is 253 g/mol. The van der Waals surface area contributed by atoms with Gasteiger partial charge in [-0.1, -0.05) is 29.5 Å². The Labute approximate surface area is 75.2 Å². The van der Waals surface area contributed by atoms with Crippen LogP contribution in [0.4, 0.5) is 0 Å². The molecule has 1 atom stereocenters. The molecular weight excluding hydrogens is 241 g/mol. The van der Waals surface area contributed by atoms with Crippen molar-refractivity contribution in [3.63, 3.8) is 0 Å². The summed E-state index contributed by atoms with van der Waals surface area (Å²) in [6.07, 6.45) is 4.72. The fourth-order valence-corrected chi connectivity index (χ4v) is 1.19. The maximum Gasteiger partial charge on any atom is 0.235 e. The molecule has 0 spiro atoms. The highest BCUT2D eigenvalue weighted by Gasteiger charge is 2.01. The van der Waals surface area contributed by atoms with E-state index >= 15 is 0 Å². The third kappa shape index (κ3) is 4.94. The fraction of sp³-hybridized carbons (Fsp3) is 0.857. The van der Waals surface area contributed by atoms with E-state index in [0.717, 1.165) is 23.7 Å². The first-order valence-electron chi connectivity index (χ1n) is 3.48. The number of rotatable bonds is 5. The molecule has 0 rings (SSSR count). The number of hydrogen-bond acceptors (Lipinski definition) is 2. The summed E-state index contributed by atoms with van der Waals surface area (Å²) in [6, 6.07) is 0.215. The van der Waals surface area contributed by atoms with Crippen LogP contribution in [0.2, 0.25) is 0 Å². The Morgan fingerprint density at radius 3 is 2.80 bits per heavy atom. The van der Waals surface area contributed by atoms with Gasteiger partial charge in [0.25, 0.3) is 0 Å². The van der Waals surface area contributed by atoms with Crippen LogP contribution in [0.1, 0.15) is 26.2 Å². The van der Waals surface area contributed by atoms with Gasteiger partial charge in [0.05, 0.1) is 6.04 Å². The van der Waals surface area contributed by atoms with Crippen LogP contribution in [0.5, 0.6) is 0 Å². The Morgan fingerprint density at radius 1 is 1.70 bits per heavy atom. The first-order valence-corrected chi connectivity index (χ1v) is 5.00. The zero-order chi connectivity index (χ0) is 7.82. The van der Waals surface area contributed by atoms with Crippen LogP contribution in [0.25, 0.3) is 0 Å². The third-order valence-electron chi connectivity index (χ3n) is 1.38. The highest BCUT2D eigenvalue weighted by molar-refractivity contribution is 14.1. The van der Waals surface area contributed by atoms with Gasteiger partial charge >= 0.3 is 0 Å². The van der Waals surface area contributed by atoms with Crippen LogP contribution in [0.3, 0.4) is 0 Å². The molecule has 0 aliphatic rings. The van der Waals surface area contributed by atoms with Gasteiger partial charge in [-0.25, -0.2) is 9.79 Å². The molecule has 0 aromatic heterocycles. The minimum Gasteiger partial charge on any atom is -0.211 e. The van der Waals surface area contributed by atoms with Crippen molar-refractivity contribution in [2.45, 2.75) is 32.2 Å². The Morgan fingerprint density at radius 2 is 2.40 bits per heavy atom. The van der Waals surface area contributed by atoms with Gasteiger partial charge in [0.1, 0.15) is 0 Å². The van der Waals surface area contributed by atoms with Crippen molar-refractivity contribution < 1.29 is 4.79 Å². The lowest BCUT2D eigenvalue weighted by Gasteiger charge is -2.03. The minimum absolute atomic E-state index is 0.215. The standard InChI is InChI=1S/C7H12INO/c1-2-7(9-6-10)4-3-5-8/h7H,2-5H2,1H3. The van der Waals surface area contributed by atoms with Crippen molar-refractivity contribution in [2.24, 2.45) is 4.99 Å². The molecule has 0 fully saturated rings. The molecule has 10 heavy (non-hydrogen) atoms. The summed E-state index contributed by atoms with van der Waals surface area (Å²) in [7, 11) is 0. The summed E-state index contributed by atoms with van der Waals surface area (Å²) in [4.78, 5) is 13.5. The average Bonchev–Trinajstić information content (AvgIpc) is 1.98. The second-order valence-corrected chi connectivity index (χ2v) is 3.19. The summed E-state index contributed by atoms with van der Waals surface area (Å²) < 4.78 is 1.14. The summed E-state index contributed by atoms with van der Waals surface area (Å²) in [6.45, 7) is 2.04. The van der Waals surface area contributed by atoms with Gasteiger partial charge in [0, 0.05) is 0 Å². The molecule has 0 N–H and O–H groups in total. The van der Waals surface area contributed by atoms with Gasteiger partial charge in [-0.3, -0.25) is 0 Å². The number of carbonyl (C=O) groups excluding carboxylic acids is 1.